The minimum atomic E-state index is 0.203. The van der Waals surface area contributed by atoms with Gasteiger partial charge in [-0.1, -0.05) is 0 Å². The summed E-state index contributed by atoms with van der Waals surface area (Å²) in [6.07, 6.45) is 1.90. The number of thiazole rings is 1. The Morgan fingerprint density at radius 2 is 2.38 bits per heavy atom. The first-order chi connectivity index (χ1) is 6.13. The lowest BCUT2D eigenvalue weighted by atomic mass is 10.3. The van der Waals surface area contributed by atoms with E-state index in [1.807, 2.05) is 27.1 Å². The molecular formula is C9H16N2OS. The van der Waals surface area contributed by atoms with Gasteiger partial charge in [0.05, 0.1) is 11.6 Å². The molecule has 1 rings (SSSR count). The molecule has 4 heteroatoms. The molecule has 0 fully saturated rings. The van der Waals surface area contributed by atoms with Gasteiger partial charge in [-0.25, -0.2) is 4.98 Å². The average molecular weight is 200 g/mol. The summed E-state index contributed by atoms with van der Waals surface area (Å²) < 4.78 is 0. The van der Waals surface area contributed by atoms with Gasteiger partial charge in [0.25, 0.3) is 0 Å². The predicted molar refractivity (Wildman–Crippen MR) is 54.9 cm³/mol. The molecule has 1 aromatic rings. The van der Waals surface area contributed by atoms with E-state index < -0.39 is 0 Å². The van der Waals surface area contributed by atoms with Crippen LogP contribution in [0.3, 0.4) is 0 Å². The lowest BCUT2D eigenvalue weighted by Gasteiger charge is -2.21. The highest BCUT2D eigenvalue weighted by Crippen LogP contribution is 2.14. The fourth-order valence-electron chi connectivity index (χ4n) is 1.02. The molecule has 74 valence electrons. The van der Waals surface area contributed by atoms with Crippen LogP contribution in [0.1, 0.15) is 16.8 Å². The van der Waals surface area contributed by atoms with Crippen LogP contribution in [0.2, 0.25) is 0 Å². The second kappa shape index (κ2) is 4.69. The van der Waals surface area contributed by atoms with Gasteiger partial charge in [0.15, 0.2) is 0 Å². The van der Waals surface area contributed by atoms with Crippen LogP contribution in [0.15, 0.2) is 6.20 Å². The molecule has 0 aliphatic rings. The van der Waals surface area contributed by atoms with Gasteiger partial charge in [-0.15, -0.1) is 11.3 Å². The summed E-state index contributed by atoms with van der Waals surface area (Å²) in [4.78, 5) is 7.55. The van der Waals surface area contributed by atoms with Gasteiger partial charge in [0, 0.05) is 23.7 Å². The average Bonchev–Trinajstić information content (AvgIpc) is 2.49. The number of hydrogen-bond acceptors (Lipinski definition) is 4. The molecule has 0 bridgehead atoms. The van der Waals surface area contributed by atoms with Crippen molar-refractivity contribution in [3.05, 3.63) is 16.1 Å². The predicted octanol–water partition coefficient (Wildman–Crippen LogP) is 1.26. The van der Waals surface area contributed by atoms with Crippen LogP contribution < -0.4 is 0 Å². The second-order valence-electron chi connectivity index (χ2n) is 3.29. The van der Waals surface area contributed by atoms with Crippen LogP contribution >= 0.6 is 11.3 Å². The van der Waals surface area contributed by atoms with Crippen molar-refractivity contribution in [3.8, 4) is 0 Å². The summed E-state index contributed by atoms with van der Waals surface area (Å²) in [7, 11) is 2.01. The molecule has 13 heavy (non-hydrogen) atoms. The number of aliphatic hydroxyl groups is 1. The normalized spacial score (nSPS) is 13.6. The number of aliphatic hydroxyl groups excluding tert-OH is 1. The first-order valence-corrected chi connectivity index (χ1v) is 5.17. The van der Waals surface area contributed by atoms with Crippen molar-refractivity contribution in [3.63, 3.8) is 0 Å². The third-order valence-corrected chi connectivity index (χ3v) is 2.99. The Kier molecular flexibility index (Phi) is 3.84. The van der Waals surface area contributed by atoms with Crippen molar-refractivity contribution in [2.75, 3.05) is 13.7 Å². The smallest absolute Gasteiger partial charge is 0.0897 e. The van der Waals surface area contributed by atoms with Crippen molar-refractivity contribution in [2.24, 2.45) is 0 Å². The first-order valence-electron chi connectivity index (χ1n) is 4.36. The Balaban J connectivity index is 2.49. The molecule has 0 aliphatic heterocycles. The van der Waals surface area contributed by atoms with E-state index in [0.717, 1.165) is 11.6 Å². The molecule has 0 saturated heterocycles. The van der Waals surface area contributed by atoms with Gasteiger partial charge < -0.3 is 5.11 Å². The number of aromatic nitrogens is 1. The zero-order chi connectivity index (χ0) is 9.84. The molecule has 3 nitrogen and oxygen atoms in total. The Labute approximate surface area is 83.0 Å². The van der Waals surface area contributed by atoms with Gasteiger partial charge in [-0.05, 0) is 20.9 Å². The monoisotopic (exact) mass is 200 g/mol. The standard InChI is InChI=1S/C9H16N2OS/c1-7(6-12)11(3)5-9-4-10-8(2)13-9/h4,7,12H,5-6H2,1-3H3. The fourth-order valence-corrected chi connectivity index (χ4v) is 1.88. The number of hydrogen-bond donors (Lipinski definition) is 1. The van der Waals surface area contributed by atoms with E-state index >= 15 is 0 Å². The highest BCUT2D eigenvalue weighted by Gasteiger charge is 2.09. The maximum atomic E-state index is 8.93. The third kappa shape index (κ3) is 3.06. The van der Waals surface area contributed by atoms with Gasteiger partial charge >= 0.3 is 0 Å². The van der Waals surface area contributed by atoms with Gasteiger partial charge in [0.2, 0.25) is 0 Å². The molecular weight excluding hydrogens is 184 g/mol. The molecule has 0 amide bonds. The Morgan fingerprint density at radius 1 is 1.69 bits per heavy atom. The van der Waals surface area contributed by atoms with Crippen LogP contribution in [-0.2, 0) is 6.54 Å². The van der Waals surface area contributed by atoms with Gasteiger partial charge in [0.1, 0.15) is 0 Å². The van der Waals surface area contributed by atoms with Crippen LogP contribution in [-0.4, -0.2) is 34.7 Å². The summed E-state index contributed by atoms with van der Waals surface area (Å²) >= 11 is 1.71. The maximum absolute atomic E-state index is 8.93. The number of nitrogens with zero attached hydrogens (tertiary/aromatic N) is 2. The SMILES string of the molecule is Cc1ncc(CN(C)C(C)CO)s1. The van der Waals surface area contributed by atoms with Gasteiger partial charge in [-0.3, -0.25) is 4.90 Å². The van der Waals surface area contributed by atoms with Crippen molar-refractivity contribution < 1.29 is 5.11 Å². The van der Waals surface area contributed by atoms with E-state index in [9.17, 15) is 0 Å². The minimum Gasteiger partial charge on any atom is -0.395 e. The highest BCUT2D eigenvalue weighted by atomic mass is 32.1. The highest BCUT2D eigenvalue weighted by molar-refractivity contribution is 7.11. The lowest BCUT2D eigenvalue weighted by molar-refractivity contribution is 0.155. The quantitative estimate of drug-likeness (QED) is 0.795. The summed E-state index contributed by atoms with van der Waals surface area (Å²) in [5.74, 6) is 0. The van der Waals surface area contributed by atoms with Crippen molar-refractivity contribution in [1.82, 2.24) is 9.88 Å². The number of rotatable bonds is 4. The molecule has 1 atom stereocenters. The van der Waals surface area contributed by atoms with E-state index in [2.05, 4.69) is 9.88 Å². The van der Waals surface area contributed by atoms with Crippen molar-refractivity contribution in [1.29, 1.82) is 0 Å². The summed E-state index contributed by atoms with van der Waals surface area (Å²) in [6.45, 7) is 5.08. The molecule has 0 aromatic carbocycles. The maximum Gasteiger partial charge on any atom is 0.0897 e. The minimum absolute atomic E-state index is 0.203. The zero-order valence-corrected chi connectivity index (χ0v) is 9.14. The van der Waals surface area contributed by atoms with E-state index in [1.165, 1.54) is 4.88 Å². The largest absolute Gasteiger partial charge is 0.395 e. The zero-order valence-electron chi connectivity index (χ0n) is 8.32. The van der Waals surface area contributed by atoms with Crippen molar-refractivity contribution in [2.45, 2.75) is 26.4 Å². The third-order valence-electron chi connectivity index (χ3n) is 2.09. The molecule has 0 spiro atoms. The van der Waals surface area contributed by atoms with Crippen LogP contribution in [0.25, 0.3) is 0 Å². The van der Waals surface area contributed by atoms with Gasteiger partial charge in [-0.2, -0.15) is 0 Å². The van der Waals surface area contributed by atoms with E-state index in [0.29, 0.717) is 0 Å². The van der Waals surface area contributed by atoms with E-state index in [1.54, 1.807) is 11.3 Å². The van der Waals surface area contributed by atoms with E-state index in [4.69, 9.17) is 5.11 Å². The fraction of sp³-hybridized carbons (Fsp3) is 0.667. The Bertz CT molecular complexity index is 262. The molecule has 1 N–H and O–H groups in total. The van der Waals surface area contributed by atoms with Crippen LogP contribution in [0.4, 0.5) is 0 Å². The Morgan fingerprint density at radius 3 is 2.85 bits per heavy atom. The number of likely N-dealkylation sites (N-methyl/N-ethyl adjacent to an activating group) is 1. The molecule has 0 saturated carbocycles. The summed E-state index contributed by atoms with van der Waals surface area (Å²) in [5, 5.41) is 10.0. The Hall–Kier alpha value is -0.450. The van der Waals surface area contributed by atoms with Crippen LogP contribution in [0.5, 0.6) is 0 Å². The van der Waals surface area contributed by atoms with Crippen LogP contribution in [0, 0.1) is 6.92 Å². The van der Waals surface area contributed by atoms with E-state index in [-0.39, 0.29) is 12.6 Å². The number of aryl methyl sites for hydroxylation is 1. The molecule has 0 radical (unpaired) electrons. The topological polar surface area (TPSA) is 36.4 Å². The lowest BCUT2D eigenvalue weighted by Crippen LogP contribution is -2.31. The molecule has 1 heterocycles. The molecule has 1 aromatic heterocycles. The first kappa shape index (κ1) is 10.6. The second-order valence-corrected chi connectivity index (χ2v) is 4.61. The molecule has 0 aliphatic carbocycles. The molecule has 1 unspecified atom stereocenters. The van der Waals surface area contributed by atoms with Crippen molar-refractivity contribution >= 4 is 11.3 Å². The summed E-state index contributed by atoms with van der Waals surface area (Å²) in [5.41, 5.74) is 0. The summed E-state index contributed by atoms with van der Waals surface area (Å²) in [6, 6.07) is 0.211.